The second kappa shape index (κ2) is 35.4. The van der Waals surface area contributed by atoms with Crippen LogP contribution >= 0.6 is 0 Å². The van der Waals surface area contributed by atoms with Crippen LogP contribution in [0.3, 0.4) is 0 Å². The van der Waals surface area contributed by atoms with Gasteiger partial charge in [-0.3, -0.25) is 19.2 Å². The summed E-state index contributed by atoms with van der Waals surface area (Å²) >= 11 is 0. The van der Waals surface area contributed by atoms with Crippen LogP contribution in [0.2, 0.25) is 0 Å². The third-order valence-corrected chi connectivity index (χ3v) is 13.7. The molecule has 0 N–H and O–H groups in total. The summed E-state index contributed by atoms with van der Waals surface area (Å²) in [6.07, 6.45) is 1.89. The maximum absolute atomic E-state index is 12.6. The number of nitrogens with zero attached hydrogens (tertiary/aromatic N) is 2. The summed E-state index contributed by atoms with van der Waals surface area (Å²) in [5.41, 5.74) is 10.7. The van der Waals surface area contributed by atoms with Crippen LogP contribution in [0, 0.1) is 0 Å². The van der Waals surface area contributed by atoms with Crippen molar-refractivity contribution in [3.8, 4) is 11.1 Å². The highest BCUT2D eigenvalue weighted by molar-refractivity contribution is 5.90. The second-order valence-corrected chi connectivity index (χ2v) is 20.4. The summed E-state index contributed by atoms with van der Waals surface area (Å²) in [6.45, 7) is 21.0. The number of benzene rings is 6. The van der Waals surface area contributed by atoms with Crippen LogP contribution in [0.15, 0.2) is 194 Å². The van der Waals surface area contributed by atoms with E-state index in [2.05, 4.69) is 36.1 Å². The van der Waals surface area contributed by atoms with Gasteiger partial charge in [0.15, 0.2) is 0 Å². The standard InChI is InChI=1S/C72H76N2O16/c1-9-83-69(79)49(5)45-87-65(75)41-21-53-13-29-59(30-14-53)73(60-31-15-54(16-32-60)22-42-66(76)88-46-50(6)70(80)84-10-2)63-37-25-57(26-38-63)58-27-39-64(40-28-58)74(61-33-17-55(18-34-61)23-43-67(77)89-47-51(7)71(81)85-11-3)62-35-19-56(20-36-62)24-44-68(78)90-48-52(8)72(82)86-12-4/h13-20,25-40H,5-12,21-24,41-48H2,1-4H3. The lowest BCUT2D eigenvalue weighted by molar-refractivity contribution is -0.146. The van der Waals surface area contributed by atoms with E-state index in [1.807, 2.05) is 146 Å². The molecule has 0 aliphatic rings. The monoisotopic (exact) mass is 1220 g/mol. The summed E-state index contributed by atoms with van der Waals surface area (Å²) in [4.78, 5) is 102. The molecule has 0 bridgehead atoms. The van der Waals surface area contributed by atoms with Crippen molar-refractivity contribution in [1.82, 2.24) is 0 Å². The van der Waals surface area contributed by atoms with Crippen LogP contribution in [0.25, 0.3) is 11.1 Å². The molecule has 6 aromatic rings. The van der Waals surface area contributed by atoms with Gasteiger partial charge < -0.3 is 47.7 Å². The van der Waals surface area contributed by atoms with Gasteiger partial charge in [-0.25, -0.2) is 19.2 Å². The number of ether oxygens (including phenoxy) is 8. The first-order valence-corrected chi connectivity index (χ1v) is 29.6. The van der Waals surface area contributed by atoms with Crippen molar-refractivity contribution in [1.29, 1.82) is 0 Å². The molecular weight excluding hydrogens is 1150 g/mol. The number of anilines is 6. The molecule has 0 atom stereocenters. The zero-order valence-electron chi connectivity index (χ0n) is 51.4. The van der Waals surface area contributed by atoms with Crippen LogP contribution in [0.1, 0.15) is 75.6 Å². The average Bonchev–Trinajstić information content (AvgIpc) is 1.22. The van der Waals surface area contributed by atoms with E-state index < -0.39 is 47.8 Å². The first-order chi connectivity index (χ1) is 43.4. The zero-order valence-corrected chi connectivity index (χ0v) is 51.4. The first-order valence-electron chi connectivity index (χ1n) is 29.6. The molecule has 6 aromatic carbocycles. The third-order valence-electron chi connectivity index (χ3n) is 13.7. The van der Waals surface area contributed by atoms with Gasteiger partial charge in [0.2, 0.25) is 0 Å². The maximum atomic E-state index is 12.6. The molecule has 0 aliphatic carbocycles. The highest BCUT2D eigenvalue weighted by Crippen LogP contribution is 2.39. The molecule has 0 saturated carbocycles. The van der Waals surface area contributed by atoms with Crippen LogP contribution in [-0.2, 0) is 102 Å². The smallest absolute Gasteiger partial charge is 0.336 e. The molecule has 0 heterocycles. The number of carbonyl (C=O) groups excluding carboxylic acids is 8. The van der Waals surface area contributed by atoms with E-state index in [9.17, 15) is 38.4 Å². The van der Waals surface area contributed by atoms with Gasteiger partial charge in [0.05, 0.1) is 48.7 Å². The lowest BCUT2D eigenvalue weighted by atomic mass is 10.0. The molecule has 0 aromatic heterocycles. The van der Waals surface area contributed by atoms with E-state index >= 15 is 0 Å². The van der Waals surface area contributed by atoms with Gasteiger partial charge in [-0.15, -0.1) is 0 Å². The fourth-order valence-corrected chi connectivity index (χ4v) is 8.86. The summed E-state index contributed by atoms with van der Waals surface area (Å²) < 4.78 is 40.8. The molecule has 0 amide bonds. The second-order valence-electron chi connectivity index (χ2n) is 20.4. The van der Waals surface area contributed by atoms with E-state index in [4.69, 9.17) is 37.9 Å². The quantitative estimate of drug-likeness (QED) is 0.0205. The van der Waals surface area contributed by atoms with E-state index in [-0.39, 0.29) is 101 Å². The Labute approximate surface area is 525 Å². The lowest BCUT2D eigenvalue weighted by Gasteiger charge is -2.27. The Kier molecular flexibility index (Phi) is 27.1. The summed E-state index contributed by atoms with van der Waals surface area (Å²) in [6, 6.07) is 47.6. The third kappa shape index (κ3) is 21.5. The van der Waals surface area contributed by atoms with Gasteiger partial charge in [-0.05, 0) is 160 Å². The Hall–Kier alpha value is -10.4. The van der Waals surface area contributed by atoms with Gasteiger partial charge >= 0.3 is 47.8 Å². The summed E-state index contributed by atoms with van der Waals surface area (Å²) in [5, 5.41) is 0. The highest BCUT2D eigenvalue weighted by Gasteiger charge is 2.20. The molecule has 0 spiro atoms. The number of carbonyl (C=O) groups is 8. The van der Waals surface area contributed by atoms with E-state index in [1.165, 1.54) is 0 Å². The molecule has 18 nitrogen and oxygen atoms in total. The van der Waals surface area contributed by atoms with E-state index in [0.717, 1.165) is 67.5 Å². The molecule has 0 aliphatic heterocycles. The van der Waals surface area contributed by atoms with Crippen molar-refractivity contribution in [3.05, 3.63) is 216 Å². The van der Waals surface area contributed by atoms with Crippen LogP contribution < -0.4 is 9.80 Å². The van der Waals surface area contributed by atoms with Crippen LogP contribution in [0.4, 0.5) is 34.1 Å². The van der Waals surface area contributed by atoms with Crippen molar-refractivity contribution in [2.75, 3.05) is 62.7 Å². The molecule has 0 saturated heterocycles. The van der Waals surface area contributed by atoms with Crippen molar-refractivity contribution in [3.63, 3.8) is 0 Å². The van der Waals surface area contributed by atoms with Crippen LogP contribution in [0.5, 0.6) is 0 Å². The lowest BCUT2D eigenvalue weighted by Crippen LogP contribution is -2.15. The van der Waals surface area contributed by atoms with Gasteiger partial charge in [0.25, 0.3) is 0 Å². The van der Waals surface area contributed by atoms with Gasteiger partial charge in [0.1, 0.15) is 26.4 Å². The molecule has 0 fully saturated rings. The number of aryl methyl sites for hydroxylation is 4. The van der Waals surface area contributed by atoms with Gasteiger partial charge in [-0.2, -0.15) is 0 Å². The molecule has 0 radical (unpaired) electrons. The largest absolute Gasteiger partial charge is 0.463 e. The molecule has 0 unspecified atom stereocenters. The Bertz CT molecular complexity index is 3060. The van der Waals surface area contributed by atoms with Crippen molar-refractivity contribution >= 4 is 81.9 Å². The minimum Gasteiger partial charge on any atom is -0.463 e. The van der Waals surface area contributed by atoms with Gasteiger partial charge in [0, 0.05) is 59.8 Å². The van der Waals surface area contributed by atoms with E-state index in [0.29, 0.717) is 25.7 Å². The SMILES string of the molecule is C=C(COC(=O)CCc1ccc(N(c2ccc(CCC(=O)OCC(=C)C(=O)OCC)cc2)c2ccc(-c3ccc(N(c4ccc(CCC(=O)OCC(=C)C(=O)OCC)cc4)c4ccc(CCC(=O)OCC(=C)C(=O)OCC)cc4)cc3)cc2)cc1)C(=O)OCC. The van der Waals surface area contributed by atoms with Gasteiger partial charge in [-0.1, -0.05) is 99.1 Å². The fraction of sp³-hybridized carbons (Fsp3) is 0.278. The molecular formula is C72H76N2O16. The molecule has 6 rings (SSSR count). The highest BCUT2D eigenvalue weighted by atomic mass is 16.6. The number of hydrogen-bond acceptors (Lipinski definition) is 18. The normalized spacial score (nSPS) is 10.6. The minimum atomic E-state index is -0.614. The molecule has 90 heavy (non-hydrogen) atoms. The zero-order chi connectivity index (χ0) is 65.0. The Morgan fingerprint density at radius 2 is 0.456 bits per heavy atom. The Morgan fingerprint density at radius 1 is 0.278 bits per heavy atom. The number of hydrogen-bond donors (Lipinski definition) is 0. The molecule has 18 heteroatoms. The average molecular weight is 1230 g/mol. The van der Waals surface area contributed by atoms with E-state index in [1.54, 1.807) is 27.7 Å². The topological polar surface area (TPSA) is 217 Å². The molecule has 470 valence electrons. The number of rotatable bonds is 35. The maximum Gasteiger partial charge on any atom is 0.336 e. The van der Waals surface area contributed by atoms with Crippen LogP contribution in [-0.4, -0.2) is 101 Å². The van der Waals surface area contributed by atoms with Crippen molar-refractivity contribution in [2.45, 2.75) is 79.1 Å². The fourth-order valence-electron chi connectivity index (χ4n) is 8.86. The minimum absolute atomic E-state index is 0.0548. The summed E-state index contributed by atoms with van der Waals surface area (Å²) in [5.74, 6) is -4.37. The Morgan fingerprint density at radius 3 is 0.633 bits per heavy atom. The van der Waals surface area contributed by atoms with Crippen molar-refractivity contribution < 1.29 is 76.3 Å². The number of esters is 8. The first kappa shape index (κ1) is 68.7. The van der Waals surface area contributed by atoms with Crippen molar-refractivity contribution in [2.24, 2.45) is 0 Å². The predicted molar refractivity (Wildman–Crippen MR) is 341 cm³/mol. The predicted octanol–water partition coefficient (Wildman–Crippen LogP) is 12.7. The Balaban J connectivity index is 1.22. The summed E-state index contributed by atoms with van der Waals surface area (Å²) in [7, 11) is 0.